The standard InChI is InChI=1S/C21H25NO8S.Na.H/c1-27-14-10-18(29-3)15(19(11-14)30-4)6-8-20(31(25)26)13-5-7-17(28-2)16(9-13)22-12-21(23)24;;/h5-11,20,22,31H,12H2,1-4H3,(H,23,24);;/b8-6+;;. The predicted octanol–water partition coefficient (Wildman–Crippen LogP) is 1.93. The van der Waals surface area contributed by atoms with E-state index in [1.54, 1.807) is 36.4 Å². The fraction of sp³-hybridized carbons (Fsp3) is 0.286. The first-order chi connectivity index (χ1) is 14.8. The molecule has 9 nitrogen and oxygen atoms in total. The zero-order valence-electron chi connectivity index (χ0n) is 17.6. The van der Waals surface area contributed by atoms with Crippen LogP contribution in [-0.2, 0) is 15.5 Å². The van der Waals surface area contributed by atoms with Crippen LogP contribution in [0.15, 0.2) is 36.4 Å². The van der Waals surface area contributed by atoms with Crippen molar-refractivity contribution in [2.24, 2.45) is 0 Å². The van der Waals surface area contributed by atoms with E-state index in [4.69, 9.17) is 24.1 Å². The number of carboxylic acid groups (broad SMARTS) is 1. The Labute approximate surface area is 210 Å². The van der Waals surface area contributed by atoms with Gasteiger partial charge in [-0.1, -0.05) is 12.1 Å². The van der Waals surface area contributed by atoms with Gasteiger partial charge in [0.2, 0.25) is 0 Å². The zero-order chi connectivity index (χ0) is 23.0. The van der Waals surface area contributed by atoms with E-state index in [1.165, 1.54) is 34.5 Å². The van der Waals surface area contributed by atoms with Gasteiger partial charge in [0.1, 0.15) is 34.8 Å². The van der Waals surface area contributed by atoms with Gasteiger partial charge in [0.25, 0.3) is 0 Å². The molecular formula is C21H26NNaO8S. The second kappa shape index (κ2) is 13.2. The molecule has 0 aliphatic rings. The van der Waals surface area contributed by atoms with E-state index >= 15 is 0 Å². The molecule has 0 aromatic heterocycles. The second-order valence-corrected chi connectivity index (χ2v) is 7.37. The number of carbonyl (C=O) groups is 1. The number of rotatable bonds is 11. The molecule has 11 heteroatoms. The molecule has 0 saturated heterocycles. The average molecular weight is 475 g/mol. The molecule has 0 fully saturated rings. The third kappa shape index (κ3) is 7.06. The summed E-state index contributed by atoms with van der Waals surface area (Å²) in [5, 5.41) is 10.6. The van der Waals surface area contributed by atoms with Crippen molar-refractivity contribution in [1.29, 1.82) is 0 Å². The second-order valence-electron chi connectivity index (χ2n) is 6.24. The Bertz CT molecular complexity index is 1010. The summed E-state index contributed by atoms with van der Waals surface area (Å²) in [5.74, 6) is 0.767. The summed E-state index contributed by atoms with van der Waals surface area (Å²) >= 11 is 0. The molecule has 2 N–H and O–H groups in total. The first kappa shape index (κ1) is 27.6. The molecule has 0 aliphatic heterocycles. The van der Waals surface area contributed by atoms with Crippen molar-refractivity contribution in [2.75, 3.05) is 40.3 Å². The van der Waals surface area contributed by atoms with Gasteiger partial charge in [-0.25, -0.2) is 8.42 Å². The summed E-state index contributed by atoms with van der Waals surface area (Å²) in [7, 11) is 3.03. The molecule has 2 aromatic carbocycles. The number of carboxylic acids is 1. The fourth-order valence-corrected chi connectivity index (χ4v) is 3.54. The molecule has 2 aromatic rings. The number of aliphatic carboxylic acids is 1. The maximum absolute atomic E-state index is 12.0. The third-order valence-electron chi connectivity index (χ3n) is 4.42. The van der Waals surface area contributed by atoms with E-state index in [-0.39, 0.29) is 36.1 Å². The van der Waals surface area contributed by atoms with Gasteiger partial charge in [-0.15, -0.1) is 0 Å². The number of nitrogens with one attached hydrogen (secondary N) is 1. The van der Waals surface area contributed by atoms with E-state index in [2.05, 4.69) is 5.32 Å². The SMILES string of the molecule is COc1cc(OC)c(/C=C/C(c2ccc(OC)c(NCC(=O)O)c2)[SH](=O)=O)c(OC)c1.[NaH]. The minimum atomic E-state index is -2.90. The Morgan fingerprint density at radius 1 is 1.00 bits per heavy atom. The number of hydrogen-bond donors (Lipinski definition) is 3. The van der Waals surface area contributed by atoms with Gasteiger partial charge >= 0.3 is 35.5 Å². The van der Waals surface area contributed by atoms with Crippen LogP contribution in [0.1, 0.15) is 16.4 Å². The Morgan fingerprint density at radius 3 is 2.06 bits per heavy atom. The summed E-state index contributed by atoms with van der Waals surface area (Å²) in [6.45, 7) is -0.343. The first-order valence-electron chi connectivity index (χ1n) is 9.09. The van der Waals surface area contributed by atoms with E-state index in [9.17, 15) is 13.2 Å². The number of methoxy groups -OCH3 is 4. The predicted molar refractivity (Wildman–Crippen MR) is 124 cm³/mol. The van der Waals surface area contributed by atoms with Gasteiger partial charge in [-0.2, -0.15) is 0 Å². The number of ether oxygens (including phenoxy) is 4. The summed E-state index contributed by atoms with van der Waals surface area (Å²) in [6, 6.07) is 8.05. The Kier molecular flexibility index (Phi) is 11.4. The number of benzene rings is 2. The third-order valence-corrected chi connectivity index (χ3v) is 5.35. The average Bonchev–Trinajstić information content (AvgIpc) is 2.77. The molecule has 0 bridgehead atoms. The molecule has 32 heavy (non-hydrogen) atoms. The van der Waals surface area contributed by atoms with Gasteiger partial charge in [-0.3, -0.25) is 4.79 Å². The molecule has 0 saturated carbocycles. The van der Waals surface area contributed by atoms with Crippen LogP contribution < -0.4 is 24.3 Å². The quantitative estimate of drug-likeness (QED) is 0.331. The molecule has 0 heterocycles. The molecule has 2 rings (SSSR count). The molecule has 1 atom stereocenters. The summed E-state index contributed by atoms with van der Waals surface area (Å²) in [5.41, 5.74) is 1.36. The van der Waals surface area contributed by atoms with Crippen LogP contribution in [0.3, 0.4) is 0 Å². The van der Waals surface area contributed by atoms with E-state index in [0.29, 0.717) is 39.8 Å². The monoisotopic (exact) mass is 475 g/mol. The normalized spacial score (nSPS) is 11.5. The van der Waals surface area contributed by atoms with Crippen LogP contribution in [0, 0.1) is 0 Å². The molecule has 0 radical (unpaired) electrons. The van der Waals surface area contributed by atoms with E-state index in [1.807, 2.05) is 0 Å². The number of hydrogen-bond acceptors (Lipinski definition) is 8. The molecule has 1 unspecified atom stereocenters. The minimum absolute atomic E-state index is 0. The molecule has 170 valence electrons. The summed E-state index contributed by atoms with van der Waals surface area (Å²) in [6.07, 6.45) is 3.10. The van der Waals surface area contributed by atoms with Crippen molar-refractivity contribution in [2.45, 2.75) is 5.25 Å². The van der Waals surface area contributed by atoms with Crippen molar-refractivity contribution in [3.8, 4) is 23.0 Å². The van der Waals surface area contributed by atoms with Gasteiger partial charge in [-0.05, 0) is 23.8 Å². The van der Waals surface area contributed by atoms with Crippen LogP contribution >= 0.6 is 0 Å². The van der Waals surface area contributed by atoms with Crippen LogP contribution in [0.25, 0.3) is 6.08 Å². The zero-order valence-corrected chi connectivity index (χ0v) is 18.5. The van der Waals surface area contributed by atoms with E-state index < -0.39 is 21.9 Å². The van der Waals surface area contributed by atoms with Crippen LogP contribution in [0.2, 0.25) is 0 Å². The Balaban J connectivity index is 0.00000512. The van der Waals surface area contributed by atoms with Gasteiger partial charge in [0, 0.05) is 12.1 Å². The van der Waals surface area contributed by atoms with Gasteiger partial charge < -0.3 is 29.4 Å². The number of anilines is 1. The Hall–Kier alpha value is -2.40. The molecule has 0 aliphatic carbocycles. The summed E-state index contributed by atoms with van der Waals surface area (Å²) in [4.78, 5) is 10.9. The summed E-state index contributed by atoms with van der Waals surface area (Å²) < 4.78 is 45.3. The number of thiol groups is 1. The van der Waals surface area contributed by atoms with E-state index in [0.717, 1.165) is 0 Å². The molecular weight excluding hydrogens is 449 g/mol. The van der Waals surface area contributed by atoms with Crippen molar-refractivity contribution in [3.63, 3.8) is 0 Å². The van der Waals surface area contributed by atoms with Crippen molar-refractivity contribution in [3.05, 3.63) is 47.5 Å². The maximum atomic E-state index is 12.0. The van der Waals surface area contributed by atoms with Crippen LogP contribution in [0.4, 0.5) is 5.69 Å². The van der Waals surface area contributed by atoms with Crippen molar-refractivity contribution < 1.29 is 37.3 Å². The van der Waals surface area contributed by atoms with Crippen LogP contribution in [0.5, 0.6) is 23.0 Å². The van der Waals surface area contributed by atoms with Crippen molar-refractivity contribution >= 4 is 58.0 Å². The van der Waals surface area contributed by atoms with Crippen molar-refractivity contribution in [1.82, 2.24) is 0 Å². The van der Waals surface area contributed by atoms with Gasteiger partial charge in [0.15, 0.2) is 10.7 Å². The molecule has 0 amide bonds. The molecule has 0 spiro atoms. The van der Waals surface area contributed by atoms with Gasteiger partial charge in [0.05, 0.1) is 39.7 Å². The Morgan fingerprint density at radius 2 is 1.59 bits per heavy atom. The van der Waals surface area contributed by atoms with Crippen LogP contribution in [-0.4, -0.2) is 84.0 Å². The first-order valence-corrected chi connectivity index (χ1v) is 10.3. The fourth-order valence-electron chi connectivity index (χ4n) is 2.91. The topological polar surface area (TPSA) is 120 Å².